The van der Waals surface area contributed by atoms with Gasteiger partial charge in [0.25, 0.3) is 0 Å². The molecular formula is C9H8ClN3. The van der Waals surface area contributed by atoms with E-state index in [-0.39, 0.29) is 0 Å². The first kappa shape index (κ1) is 9.56. The van der Waals surface area contributed by atoms with Crippen molar-refractivity contribution in [1.29, 1.82) is 5.26 Å². The number of hydrogen-bond donors (Lipinski definition) is 0. The lowest BCUT2D eigenvalue weighted by molar-refractivity contribution is 0.511. The molecule has 1 aliphatic rings. The lowest BCUT2D eigenvalue weighted by Gasteiger charge is -2.19. The molecule has 4 heteroatoms. The van der Waals surface area contributed by atoms with Crippen LogP contribution in [0.25, 0.3) is 0 Å². The molecule has 0 saturated heterocycles. The van der Waals surface area contributed by atoms with Gasteiger partial charge in [0.15, 0.2) is 0 Å². The number of hydrazone groups is 1. The molecule has 0 aromatic carbocycles. The second-order valence-electron chi connectivity index (χ2n) is 2.36. The first-order chi connectivity index (χ1) is 6.20. The number of nitrogens with zero attached hydrogens (tertiary/aromatic N) is 3. The SMILES string of the molecule is C=C1C(Cl)=C(C#N)C=NN1/C=C\C. The van der Waals surface area contributed by atoms with Gasteiger partial charge in [-0.1, -0.05) is 24.3 Å². The van der Waals surface area contributed by atoms with Crippen LogP contribution in [0.1, 0.15) is 6.92 Å². The van der Waals surface area contributed by atoms with E-state index in [4.69, 9.17) is 16.9 Å². The van der Waals surface area contributed by atoms with Crippen molar-refractivity contribution < 1.29 is 0 Å². The van der Waals surface area contributed by atoms with Gasteiger partial charge in [-0.05, 0) is 6.92 Å². The van der Waals surface area contributed by atoms with E-state index < -0.39 is 0 Å². The Kier molecular flexibility index (Phi) is 2.88. The van der Waals surface area contributed by atoms with Gasteiger partial charge in [0, 0.05) is 6.20 Å². The number of rotatable bonds is 1. The summed E-state index contributed by atoms with van der Waals surface area (Å²) in [7, 11) is 0. The Morgan fingerprint density at radius 1 is 1.77 bits per heavy atom. The normalized spacial score (nSPS) is 17.0. The van der Waals surface area contributed by atoms with Crippen LogP contribution in [-0.4, -0.2) is 11.2 Å². The van der Waals surface area contributed by atoms with Crippen LogP contribution >= 0.6 is 11.6 Å². The zero-order chi connectivity index (χ0) is 9.84. The molecule has 3 nitrogen and oxygen atoms in total. The molecule has 1 heterocycles. The molecule has 0 aromatic heterocycles. The van der Waals surface area contributed by atoms with E-state index in [0.29, 0.717) is 16.3 Å². The molecule has 0 radical (unpaired) electrons. The van der Waals surface area contributed by atoms with Crippen molar-refractivity contribution in [2.45, 2.75) is 6.92 Å². The summed E-state index contributed by atoms with van der Waals surface area (Å²) in [6.45, 7) is 5.57. The van der Waals surface area contributed by atoms with Crippen LogP contribution in [0.3, 0.4) is 0 Å². The van der Waals surface area contributed by atoms with E-state index in [1.54, 1.807) is 6.20 Å². The third kappa shape index (κ3) is 1.79. The van der Waals surface area contributed by atoms with E-state index in [2.05, 4.69) is 11.7 Å². The molecule has 0 unspecified atom stereocenters. The second kappa shape index (κ2) is 3.92. The smallest absolute Gasteiger partial charge is 0.102 e. The minimum absolute atomic E-state index is 0.340. The predicted molar refractivity (Wildman–Crippen MR) is 52.8 cm³/mol. The molecule has 0 fully saturated rings. The standard InChI is InChI=1S/C9H8ClN3/c1-3-4-13-7(2)9(10)8(5-11)6-12-13/h3-4,6H,2H2,1H3/b4-3-. The van der Waals surface area contributed by atoms with Crippen molar-refractivity contribution >= 4 is 17.8 Å². The van der Waals surface area contributed by atoms with Gasteiger partial charge >= 0.3 is 0 Å². The maximum Gasteiger partial charge on any atom is 0.102 e. The first-order valence-electron chi connectivity index (χ1n) is 3.66. The van der Waals surface area contributed by atoms with E-state index in [1.807, 2.05) is 19.1 Å². The Labute approximate surface area is 81.9 Å². The highest BCUT2D eigenvalue weighted by atomic mass is 35.5. The minimum atomic E-state index is 0.340. The van der Waals surface area contributed by atoms with Gasteiger partial charge in [0.1, 0.15) is 6.07 Å². The van der Waals surface area contributed by atoms with Gasteiger partial charge in [-0.2, -0.15) is 10.4 Å². The molecule has 1 aliphatic heterocycles. The topological polar surface area (TPSA) is 39.4 Å². The zero-order valence-corrected chi connectivity index (χ0v) is 7.91. The summed E-state index contributed by atoms with van der Waals surface area (Å²) in [5.74, 6) is 0. The highest BCUT2D eigenvalue weighted by molar-refractivity contribution is 6.34. The summed E-state index contributed by atoms with van der Waals surface area (Å²) >= 11 is 5.85. The monoisotopic (exact) mass is 193 g/mol. The van der Waals surface area contributed by atoms with Crippen LogP contribution in [0.5, 0.6) is 0 Å². The van der Waals surface area contributed by atoms with E-state index in [0.717, 1.165) is 0 Å². The van der Waals surface area contributed by atoms with Crippen LogP contribution in [0.2, 0.25) is 0 Å². The number of halogens is 1. The lowest BCUT2D eigenvalue weighted by atomic mass is 10.2. The summed E-state index contributed by atoms with van der Waals surface area (Å²) in [5, 5.41) is 14.5. The Balaban J connectivity index is 3.01. The summed E-state index contributed by atoms with van der Waals surface area (Å²) in [6, 6.07) is 1.93. The van der Waals surface area contributed by atoms with Gasteiger partial charge in [-0.3, -0.25) is 0 Å². The van der Waals surface area contributed by atoms with Crippen molar-refractivity contribution in [3.8, 4) is 6.07 Å². The van der Waals surface area contributed by atoms with Gasteiger partial charge in [-0.15, -0.1) is 0 Å². The van der Waals surface area contributed by atoms with Gasteiger partial charge in [0.05, 0.1) is 22.5 Å². The summed E-state index contributed by atoms with van der Waals surface area (Å²) in [6.07, 6.45) is 4.94. The van der Waals surface area contributed by atoms with Crippen LogP contribution in [0, 0.1) is 11.3 Å². The highest BCUT2D eigenvalue weighted by Gasteiger charge is 2.15. The fraction of sp³-hybridized carbons (Fsp3) is 0.111. The first-order valence-corrected chi connectivity index (χ1v) is 4.03. The summed E-state index contributed by atoms with van der Waals surface area (Å²) in [4.78, 5) is 0. The quantitative estimate of drug-likeness (QED) is 0.641. The fourth-order valence-corrected chi connectivity index (χ4v) is 1.03. The third-order valence-electron chi connectivity index (χ3n) is 1.49. The molecule has 0 amide bonds. The molecule has 0 aliphatic carbocycles. The molecule has 1 rings (SSSR count). The van der Waals surface area contributed by atoms with E-state index in [1.165, 1.54) is 11.2 Å². The fourth-order valence-electron chi connectivity index (χ4n) is 0.850. The Morgan fingerprint density at radius 2 is 2.46 bits per heavy atom. The van der Waals surface area contributed by atoms with Crippen molar-refractivity contribution in [2.75, 3.05) is 0 Å². The van der Waals surface area contributed by atoms with Gasteiger partial charge in [-0.25, -0.2) is 5.01 Å². The van der Waals surface area contributed by atoms with Gasteiger partial charge < -0.3 is 0 Å². The molecule has 0 spiro atoms. The second-order valence-corrected chi connectivity index (χ2v) is 2.74. The van der Waals surface area contributed by atoms with Gasteiger partial charge in [0.2, 0.25) is 0 Å². The zero-order valence-electron chi connectivity index (χ0n) is 7.16. The molecule has 0 atom stereocenters. The Morgan fingerprint density at radius 3 is 3.00 bits per heavy atom. The molecule has 0 saturated carbocycles. The van der Waals surface area contributed by atoms with Crippen molar-refractivity contribution in [3.05, 3.63) is 35.2 Å². The largest absolute Gasteiger partial charge is 0.240 e. The molecule has 0 aromatic rings. The highest BCUT2D eigenvalue weighted by Crippen LogP contribution is 2.24. The van der Waals surface area contributed by atoms with Crippen LogP contribution in [0.4, 0.5) is 0 Å². The number of hydrogen-bond acceptors (Lipinski definition) is 3. The molecule has 13 heavy (non-hydrogen) atoms. The molecule has 66 valence electrons. The maximum absolute atomic E-state index is 8.63. The average molecular weight is 194 g/mol. The minimum Gasteiger partial charge on any atom is -0.240 e. The number of allylic oxidation sites excluding steroid dienone is 3. The van der Waals surface area contributed by atoms with Crippen molar-refractivity contribution in [2.24, 2.45) is 5.10 Å². The molecule has 0 N–H and O–H groups in total. The van der Waals surface area contributed by atoms with Crippen LogP contribution < -0.4 is 0 Å². The van der Waals surface area contributed by atoms with Crippen molar-refractivity contribution in [1.82, 2.24) is 5.01 Å². The Hall–Kier alpha value is -1.53. The van der Waals surface area contributed by atoms with E-state index in [9.17, 15) is 0 Å². The lowest BCUT2D eigenvalue weighted by Crippen LogP contribution is -2.14. The molecular weight excluding hydrogens is 186 g/mol. The average Bonchev–Trinajstić information content (AvgIpc) is 2.14. The maximum atomic E-state index is 8.63. The predicted octanol–water partition coefficient (Wildman–Crippen LogP) is 2.35. The van der Waals surface area contributed by atoms with Crippen LogP contribution in [0.15, 0.2) is 40.3 Å². The Bertz CT molecular complexity index is 358. The van der Waals surface area contributed by atoms with Crippen LogP contribution in [-0.2, 0) is 0 Å². The summed E-state index contributed by atoms with van der Waals surface area (Å²) < 4.78 is 0. The third-order valence-corrected chi connectivity index (χ3v) is 1.91. The molecule has 0 bridgehead atoms. The summed E-state index contributed by atoms with van der Waals surface area (Å²) in [5.41, 5.74) is 0.853. The van der Waals surface area contributed by atoms with E-state index >= 15 is 0 Å². The van der Waals surface area contributed by atoms with Crippen molar-refractivity contribution in [3.63, 3.8) is 0 Å². The number of nitriles is 1.